The van der Waals surface area contributed by atoms with Crippen LogP contribution in [0.15, 0.2) is 48.9 Å². The molecule has 0 radical (unpaired) electrons. The first-order chi connectivity index (χ1) is 16.1. The minimum absolute atomic E-state index is 0.507. The third kappa shape index (κ3) is 4.48. The molecule has 172 valence electrons. The molecule has 0 aliphatic heterocycles. The predicted octanol–water partition coefficient (Wildman–Crippen LogP) is 3.67. The second-order valence-corrected chi connectivity index (χ2v) is 7.45. The molecule has 0 saturated heterocycles. The van der Waals surface area contributed by atoms with Gasteiger partial charge in [0.2, 0.25) is 5.95 Å². The Morgan fingerprint density at radius 1 is 0.788 bits per heavy atom. The van der Waals surface area contributed by atoms with Gasteiger partial charge < -0.3 is 23.8 Å². The predicted molar refractivity (Wildman–Crippen MR) is 124 cm³/mol. The number of hydrogen-bond donors (Lipinski definition) is 0. The van der Waals surface area contributed by atoms with Crippen LogP contribution in [0.2, 0.25) is 0 Å². The number of aromatic nitrogens is 4. The van der Waals surface area contributed by atoms with Gasteiger partial charge in [0, 0.05) is 41.9 Å². The van der Waals surface area contributed by atoms with Gasteiger partial charge in [-0.05, 0) is 31.2 Å². The average molecular weight is 450 g/mol. The lowest BCUT2D eigenvalue weighted by molar-refractivity contribution is 0.389. The van der Waals surface area contributed by atoms with Gasteiger partial charge in [-0.15, -0.1) is 0 Å². The summed E-state index contributed by atoms with van der Waals surface area (Å²) in [5.41, 5.74) is 3.68. The van der Waals surface area contributed by atoms with Crippen LogP contribution in [0.25, 0.3) is 5.65 Å². The van der Waals surface area contributed by atoms with Crippen LogP contribution in [-0.2, 0) is 13.1 Å². The average Bonchev–Trinajstić information content (AvgIpc) is 3.24. The number of hydrogen-bond acceptors (Lipinski definition) is 8. The Morgan fingerprint density at radius 3 is 1.88 bits per heavy atom. The van der Waals surface area contributed by atoms with Crippen molar-refractivity contribution in [1.29, 1.82) is 0 Å². The van der Waals surface area contributed by atoms with E-state index >= 15 is 0 Å². The summed E-state index contributed by atoms with van der Waals surface area (Å²) in [7, 11) is 6.56. The Balaban J connectivity index is 1.79. The van der Waals surface area contributed by atoms with E-state index in [1.54, 1.807) is 45.5 Å². The summed E-state index contributed by atoms with van der Waals surface area (Å²) in [6.45, 7) is 2.99. The Kier molecular flexibility index (Phi) is 6.48. The lowest BCUT2D eigenvalue weighted by atomic mass is 10.1. The topological polar surface area (TPSA) is 83.2 Å². The van der Waals surface area contributed by atoms with Crippen LogP contribution in [0.3, 0.4) is 0 Å². The Morgan fingerprint density at radius 2 is 1.36 bits per heavy atom. The molecular formula is C24H27N5O4. The van der Waals surface area contributed by atoms with Crippen molar-refractivity contribution in [2.24, 2.45) is 0 Å². The van der Waals surface area contributed by atoms with Crippen molar-refractivity contribution in [1.82, 2.24) is 19.6 Å². The van der Waals surface area contributed by atoms with Gasteiger partial charge in [0.1, 0.15) is 29.3 Å². The van der Waals surface area contributed by atoms with E-state index < -0.39 is 0 Å². The normalized spacial score (nSPS) is 10.8. The van der Waals surface area contributed by atoms with Crippen LogP contribution in [0.5, 0.6) is 23.0 Å². The van der Waals surface area contributed by atoms with E-state index in [9.17, 15) is 0 Å². The molecule has 0 atom stereocenters. The van der Waals surface area contributed by atoms with Gasteiger partial charge in [-0.3, -0.25) is 0 Å². The maximum absolute atomic E-state index is 5.64. The van der Waals surface area contributed by atoms with E-state index in [0.29, 0.717) is 19.0 Å². The molecule has 0 unspecified atom stereocenters. The van der Waals surface area contributed by atoms with E-state index in [1.165, 1.54) is 0 Å². The molecule has 0 amide bonds. The first-order valence-corrected chi connectivity index (χ1v) is 10.4. The molecule has 4 rings (SSSR count). The number of rotatable bonds is 9. The van der Waals surface area contributed by atoms with Crippen LogP contribution >= 0.6 is 0 Å². The summed E-state index contributed by atoms with van der Waals surface area (Å²) in [5.74, 6) is 3.56. The monoisotopic (exact) mass is 449 g/mol. The fraction of sp³-hybridized carbons (Fsp3) is 0.292. The standard InChI is InChI=1S/C24H27N5O4/c1-16-12-27-29-23(16)25-15-26-24(29)28(13-17-6-8-19(30-2)10-21(17)32-4)14-18-7-9-20(31-3)11-22(18)33-5/h6-12,15H,13-14H2,1-5H3. The minimum atomic E-state index is 0.507. The van der Waals surface area contributed by atoms with Crippen molar-refractivity contribution in [3.8, 4) is 23.0 Å². The second kappa shape index (κ2) is 9.64. The number of aryl methyl sites for hydroxylation is 1. The van der Waals surface area contributed by atoms with Crippen molar-refractivity contribution in [3.63, 3.8) is 0 Å². The van der Waals surface area contributed by atoms with Crippen LogP contribution in [0, 0.1) is 6.92 Å². The second-order valence-electron chi connectivity index (χ2n) is 7.45. The van der Waals surface area contributed by atoms with Crippen LogP contribution < -0.4 is 23.8 Å². The van der Waals surface area contributed by atoms with Crippen molar-refractivity contribution in [2.75, 3.05) is 33.3 Å². The zero-order chi connectivity index (χ0) is 23.4. The molecule has 9 nitrogen and oxygen atoms in total. The maximum Gasteiger partial charge on any atom is 0.230 e. The van der Waals surface area contributed by atoms with E-state index in [4.69, 9.17) is 18.9 Å². The van der Waals surface area contributed by atoms with Gasteiger partial charge >= 0.3 is 0 Å². The SMILES string of the molecule is COc1ccc(CN(Cc2ccc(OC)cc2OC)c2ncnc3c(C)cnn23)c(OC)c1. The number of methoxy groups -OCH3 is 4. The number of nitrogens with zero attached hydrogens (tertiary/aromatic N) is 5. The fourth-order valence-corrected chi connectivity index (χ4v) is 3.71. The molecule has 0 spiro atoms. The molecule has 33 heavy (non-hydrogen) atoms. The lowest BCUT2D eigenvalue weighted by Gasteiger charge is -2.26. The maximum atomic E-state index is 5.64. The highest BCUT2D eigenvalue weighted by Crippen LogP contribution is 2.31. The largest absolute Gasteiger partial charge is 0.497 e. The summed E-state index contributed by atoms with van der Waals surface area (Å²) < 4.78 is 23.7. The third-order valence-corrected chi connectivity index (χ3v) is 5.46. The van der Waals surface area contributed by atoms with E-state index in [2.05, 4.69) is 20.0 Å². The van der Waals surface area contributed by atoms with Crippen LogP contribution in [-0.4, -0.2) is 48.0 Å². The summed E-state index contributed by atoms with van der Waals surface area (Å²) >= 11 is 0. The summed E-state index contributed by atoms with van der Waals surface area (Å²) in [5, 5.41) is 4.51. The number of fused-ring (bicyclic) bond motifs is 1. The molecule has 0 N–H and O–H groups in total. The Bertz CT molecular complexity index is 1200. The van der Waals surface area contributed by atoms with E-state index in [1.807, 2.05) is 43.3 Å². The van der Waals surface area contributed by atoms with E-state index in [-0.39, 0.29) is 0 Å². The number of anilines is 1. The van der Waals surface area contributed by atoms with Crippen LogP contribution in [0.1, 0.15) is 16.7 Å². The molecule has 0 bridgehead atoms. The summed E-state index contributed by atoms with van der Waals surface area (Å²) in [6, 6.07) is 11.5. The first-order valence-electron chi connectivity index (χ1n) is 10.4. The highest BCUT2D eigenvalue weighted by atomic mass is 16.5. The molecule has 9 heteroatoms. The Hall–Kier alpha value is -4.01. The van der Waals surface area contributed by atoms with Crippen molar-refractivity contribution in [2.45, 2.75) is 20.0 Å². The Labute approximate surface area is 192 Å². The molecule has 2 aromatic heterocycles. The highest BCUT2D eigenvalue weighted by molar-refractivity contribution is 5.52. The van der Waals surface area contributed by atoms with E-state index in [0.717, 1.165) is 45.3 Å². The van der Waals surface area contributed by atoms with Gasteiger partial charge in [-0.1, -0.05) is 0 Å². The van der Waals surface area contributed by atoms with Gasteiger partial charge in [0.25, 0.3) is 0 Å². The highest BCUT2D eigenvalue weighted by Gasteiger charge is 2.20. The van der Waals surface area contributed by atoms with Crippen LogP contribution in [0.4, 0.5) is 5.95 Å². The molecule has 0 aliphatic rings. The van der Waals surface area contributed by atoms with Gasteiger partial charge in [-0.25, -0.2) is 9.97 Å². The fourth-order valence-electron chi connectivity index (χ4n) is 3.71. The molecule has 2 aromatic carbocycles. The minimum Gasteiger partial charge on any atom is -0.497 e. The number of benzene rings is 2. The van der Waals surface area contributed by atoms with Gasteiger partial charge in [0.15, 0.2) is 5.65 Å². The zero-order valence-electron chi connectivity index (χ0n) is 19.4. The molecule has 0 fully saturated rings. The molecule has 0 saturated carbocycles. The van der Waals surface area contributed by atoms with Crippen molar-refractivity contribution >= 4 is 11.6 Å². The number of ether oxygens (including phenoxy) is 4. The summed E-state index contributed by atoms with van der Waals surface area (Å²) in [6.07, 6.45) is 3.34. The quantitative estimate of drug-likeness (QED) is 0.383. The molecule has 0 aliphatic carbocycles. The molecular weight excluding hydrogens is 422 g/mol. The first kappa shape index (κ1) is 22.2. The third-order valence-electron chi connectivity index (χ3n) is 5.46. The smallest absolute Gasteiger partial charge is 0.230 e. The van der Waals surface area contributed by atoms with Gasteiger partial charge in [-0.2, -0.15) is 9.61 Å². The molecule has 2 heterocycles. The molecule has 4 aromatic rings. The zero-order valence-corrected chi connectivity index (χ0v) is 19.4. The van der Waals surface area contributed by atoms with Gasteiger partial charge in [0.05, 0.1) is 34.6 Å². The lowest BCUT2D eigenvalue weighted by Crippen LogP contribution is -2.26. The summed E-state index contributed by atoms with van der Waals surface area (Å²) in [4.78, 5) is 11.1. The van der Waals surface area contributed by atoms with Crippen molar-refractivity contribution in [3.05, 3.63) is 65.6 Å². The van der Waals surface area contributed by atoms with Crippen molar-refractivity contribution < 1.29 is 18.9 Å².